The molecule has 0 bridgehead atoms. The molecule has 0 fully saturated rings. The van der Waals surface area contributed by atoms with Gasteiger partial charge < -0.3 is 0 Å². The Kier molecular flexibility index (Phi) is 12.5. The van der Waals surface area contributed by atoms with Crippen LogP contribution in [0.1, 0.15) is 101 Å². The molecule has 0 saturated carbocycles. The van der Waals surface area contributed by atoms with Crippen molar-refractivity contribution in [2.75, 3.05) is 0 Å². The van der Waals surface area contributed by atoms with Crippen LogP contribution < -0.4 is 0 Å². The van der Waals surface area contributed by atoms with E-state index in [4.69, 9.17) is 0 Å². The summed E-state index contributed by atoms with van der Waals surface area (Å²) in [7, 11) is 0. The van der Waals surface area contributed by atoms with Gasteiger partial charge in [0.05, 0.1) is 0 Å². The summed E-state index contributed by atoms with van der Waals surface area (Å²) in [5.41, 5.74) is 16.1. The van der Waals surface area contributed by atoms with Gasteiger partial charge in [0.2, 0.25) is 0 Å². The number of hydrogen-bond donors (Lipinski definition) is 0. The van der Waals surface area contributed by atoms with Crippen molar-refractivity contribution in [3.8, 4) is 44.5 Å². The van der Waals surface area contributed by atoms with E-state index in [1.54, 1.807) is 0 Å². The second-order valence-corrected chi connectivity index (χ2v) is 16.5. The maximum Gasteiger partial charge on any atom is -0.000139 e. The molecular formula is C58H60. The molecule has 0 aliphatic carbocycles. The first-order valence-electron chi connectivity index (χ1n) is 22.4. The van der Waals surface area contributed by atoms with Crippen LogP contribution in [0.3, 0.4) is 0 Å². The molecule has 0 aliphatic heterocycles. The number of fused-ring (bicyclic) bond motifs is 3. The van der Waals surface area contributed by atoms with Crippen LogP contribution >= 0.6 is 0 Å². The lowest BCUT2D eigenvalue weighted by atomic mass is 9.77. The maximum absolute atomic E-state index is 2.41. The average molecular weight is 757 g/mol. The topological polar surface area (TPSA) is 0 Å². The predicted molar refractivity (Wildman–Crippen MR) is 255 cm³/mol. The van der Waals surface area contributed by atoms with Crippen LogP contribution in [-0.4, -0.2) is 0 Å². The lowest BCUT2D eigenvalue weighted by Gasteiger charge is -2.25. The number of benzene rings is 8. The first kappa shape index (κ1) is 39.4. The van der Waals surface area contributed by atoms with Crippen LogP contribution in [-0.2, 0) is 25.7 Å². The number of rotatable bonds is 16. The molecule has 0 radical (unpaired) electrons. The van der Waals surface area contributed by atoms with E-state index in [0.29, 0.717) is 0 Å². The van der Waals surface area contributed by atoms with E-state index in [1.807, 2.05) is 0 Å². The second-order valence-electron chi connectivity index (χ2n) is 16.5. The average Bonchev–Trinajstić information content (AvgIpc) is 3.28. The van der Waals surface area contributed by atoms with E-state index >= 15 is 0 Å². The van der Waals surface area contributed by atoms with Crippen LogP contribution in [0.15, 0.2) is 146 Å². The SMILES string of the molecule is CCCCc1ccc(-c2c3ccccc3c(-c3ccc(CCCC)cc3)c3c(-c4ccc(CCCC)cc4)c4ccccc4c(-c4ccc(CCCC)cc4)c23)cc1. The summed E-state index contributed by atoms with van der Waals surface area (Å²) in [4.78, 5) is 0. The van der Waals surface area contributed by atoms with Gasteiger partial charge >= 0.3 is 0 Å². The normalized spacial score (nSPS) is 11.6. The maximum atomic E-state index is 2.41. The third kappa shape index (κ3) is 8.00. The van der Waals surface area contributed by atoms with Crippen LogP contribution in [0.4, 0.5) is 0 Å². The Bertz CT molecular complexity index is 2240. The zero-order chi connectivity index (χ0) is 39.8. The molecule has 0 aromatic heterocycles. The highest BCUT2D eigenvalue weighted by Gasteiger charge is 2.26. The van der Waals surface area contributed by atoms with Gasteiger partial charge in [-0.1, -0.05) is 199 Å². The van der Waals surface area contributed by atoms with E-state index in [1.165, 1.54) is 150 Å². The highest BCUT2D eigenvalue weighted by Crippen LogP contribution is 2.53. The van der Waals surface area contributed by atoms with Crippen molar-refractivity contribution in [3.05, 3.63) is 168 Å². The van der Waals surface area contributed by atoms with Gasteiger partial charge in [0, 0.05) is 0 Å². The number of aryl methyl sites for hydroxylation is 4. The van der Waals surface area contributed by atoms with E-state index < -0.39 is 0 Å². The van der Waals surface area contributed by atoms with Crippen LogP contribution in [0, 0.1) is 0 Å². The van der Waals surface area contributed by atoms with E-state index in [-0.39, 0.29) is 0 Å². The first-order valence-corrected chi connectivity index (χ1v) is 22.4. The Morgan fingerprint density at radius 2 is 0.466 bits per heavy atom. The molecule has 8 aromatic carbocycles. The summed E-state index contributed by atoms with van der Waals surface area (Å²) < 4.78 is 0. The Hall–Kier alpha value is -5.46. The van der Waals surface area contributed by atoms with Gasteiger partial charge in [0.1, 0.15) is 0 Å². The second kappa shape index (κ2) is 18.4. The van der Waals surface area contributed by atoms with Crippen molar-refractivity contribution in [2.24, 2.45) is 0 Å². The lowest BCUT2D eigenvalue weighted by Crippen LogP contribution is -1.98. The van der Waals surface area contributed by atoms with Crippen molar-refractivity contribution >= 4 is 32.3 Å². The minimum absolute atomic E-state index is 1.12. The van der Waals surface area contributed by atoms with E-state index in [2.05, 4.69) is 173 Å². The Morgan fingerprint density at radius 1 is 0.259 bits per heavy atom. The minimum Gasteiger partial charge on any atom is -0.0654 e. The highest BCUT2D eigenvalue weighted by molar-refractivity contribution is 6.33. The van der Waals surface area contributed by atoms with Gasteiger partial charge in [0.15, 0.2) is 0 Å². The third-order valence-corrected chi connectivity index (χ3v) is 12.4. The summed E-state index contributed by atoms with van der Waals surface area (Å²) in [6, 6.07) is 56.8. The molecule has 8 rings (SSSR count). The molecule has 0 unspecified atom stereocenters. The third-order valence-electron chi connectivity index (χ3n) is 12.4. The van der Waals surface area contributed by atoms with Gasteiger partial charge in [-0.25, -0.2) is 0 Å². The molecule has 0 heterocycles. The summed E-state index contributed by atoms with van der Waals surface area (Å²) >= 11 is 0. The van der Waals surface area contributed by atoms with Crippen molar-refractivity contribution in [2.45, 2.75) is 105 Å². The van der Waals surface area contributed by atoms with Gasteiger partial charge in [-0.05, 0) is 150 Å². The van der Waals surface area contributed by atoms with Crippen molar-refractivity contribution < 1.29 is 0 Å². The zero-order valence-electron chi connectivity index (χ0n) is 35.3. The zero-order valence-corrected chi connectivity index (χ0v) is 35.3. The first-order chi connectivity index (χ1) is 28.6. The van der Waals surface area contributed by atoms with Gasteiger partial charge in [-0.15, -0.1) is 0 Å². The molecule has 0 nitrogen and oxygen atoms in total. The molecule has 58 heavy (non-hydrogen) atoms. The van der Waals surface area contributed by atoms with Gasteiger partial charge in [-0.2, -0.15) is 0 Å². The standard InChI is InChI=1S/C58H60/c1-5-9-17-41-25-33-45(34-26-41)53-49-21-13-14-22-50(49)55(47-37-29-43(30-38-47)19-11-7-3)58-56(48-39-31-44(32-40-48)20-12-8-4)52-24-16-15-23-51(52)54(57(53)58)46-35-27-42(28-36-46)18-10-6-2/h13-16,21-40H,5-12,17-20H2,1-4H3. The van der Waals surface area contributed by atoms with Gasteiger partial charge in [-0.3, -0.25) is 0 Å². The van der Waals surface area contributed by atoms with E-state index in [9.17, 15) is 0 Å². The Labute approximate surface area is 348 Å². The molecule has 0 spiro atoms. The molecule has 8 aromatic rings. The molecular weight excluding hydrogens is 697 g/mol. The summed E-state index contributed by atoms with van der Waals surface area (Å²) in [5, 5.41) is 7.90. The monoisotopic (exact) mass is 756 g/mol. The van der Waals surface area contributed by atoms with Crippen LogP contribution in [0.5, 0.6) is 0 Å². The molecule has 292 valence electrons. The fourth-order valence-corrected chi connectivity index (χ4v) is 9.20. The van der Waals surface area contributed by atoms with Crippen molar-refractivity contribution in [3.63, 3.8) is 0 Å². The molecule has 0 heteroatoms. The smallest absolute Gasteiger partial charge is 0.000139 e. The summed E-state index contributed by atoms with van der Waals surface area (Å²) in [6.45, 7) is 9.13. The summed E-state index contributed by atoms with van der Waals surface area (Å²) in [5.74, 6) is 0. The number of hydrogen-bond acceptors (Lipinski definition) is 0. The summed E-state index contributed by atoms with van der Waals surface area (Å²) in [6.07, 6.45) is 14.1. The van der Waals surface area contributed by atoms with Crippen LogP contribution in [0.2, 0.25) is 0 Å². The Balaban J connectivity index is 1.56. The van der Waals surface area contributed by atoms with Crippen molar-refractivity contribution in [1.29, 1.82) is 0 Å². The molecule has 0 N–H and O–H groups in total. The molecule has 0 saturated heterocycles. The molecule has 0 aliphatic rings. The van der Waals surface area contributed by atoms with E-state index in [0.717, 1.165) is 25.7 Å². The predicted octanol–water partition coefficient (Wildman–Crippen LogP) is 17.2. The highest BCUT2D eigenvalue weighted by atomic mass is 14.3. The molecule has 0 amide bonds. The minimum atomic E-state index is 1.12. The number of unbranched alkanes of at least 4 members (excludes halogenated alkanes) is 4. The lowest BCUT2D eigenvalue weighted by molar-refractivity contribution is 0.795. The van der Waals surface area contributed by atoms with Gasteiger partial charge in [0.25, 0.3) is 0 Å². The van der Waals surface area contributed by atoms with Crippen LogP contribution in [0.25, 0.3) is 76.8 Å². The fraction of sp³-hybridized carbons (Fsp3) is 0.276. The molecule has 0 atom stereocenters. The fourth-order valence-electron chi connectivity index (χ4n) is 9.20. The largest absolute Gasteiger partial charge is 0.0654 e. The van der Waals surface area contributed by atoms with Crippen molar-refractivity contribution in [1.82, 2.24) is 0 Å². The Morgan fingerprint density at radius 3 is 0.655 bits per heavy atom. The quantitative estimate of drug-likeness (QED) is 0.0862.